The number of anilines is 1. The molecule has 2 heterocycles. The van der Waals surface area contributed by atoms with Crippen LogP contribution in [-0.4, -0.2) is 16.0 Å². The molecular formula is C27H23Cl2N3OS. The monoisotopic (exact) mass is 507 g/mol. The van der Waals surface area contributed by atoms with E-state index in [0.29, 0.717) is 16.5 Å². The lowest BCUT2D eigenvalue weighted by molar-refractivity contribution is -0.116. The van der Waals surface area contributed by atoms with Gasteiger partial charge in [0.2, 0.25) is 0 Å². The van der Waals surface area contributed by atoms with Crippen LogP contribution in [0.2, 0.25) is 10.0 Å². The Balaban J connectivity index is 1.48. The van der Waals surface area contributed by atoms with E-state index in [0.717, 1.165) is 44.0 Å². The van der Waals surface area contributed by atoms with E-state index >= 15 is 0 Å². The number of hydrogen-bond donors (Lipinski definition) is 2. The van der Waals surface area contributed by atoms with Crippen molar-refractivity contribution >= 4 is 63.5 Å². The molecule has 3 aromatic carbocycles. The van der Waals surface area contributed by atoms with E-state index in [2.05, 4.69) is 34.3 Å². The van der Waals surface area contributed by atoms with Crippen molar-refractivity contribution in [3.63, 3.8) is 0 Å². The molecule has 0 saturated carbocycles. The third kappa shape index (κ3) is 4.43. The predicted octanol–water partition coefficient (Wildman–Crippen LogP) is 7.21. The zero-order chi connectivity index (χ0) is 23.8. The van der Waals surface area contributed by atoms with E-state index in [9.17, 15) is 4.79 Å². The molecule has 5 rings (SSSR count). The van der Waals surface area contributed by atoms with Gasteiger partial charge < -0.3 is 15.2 Å². The van der Waals surface area contributed by atoms with Crippen LogP contribution < -0.4 is 10.6 Å². The van der Waals surface area contributed by atoms with E-state index < -0.39 is 0 Å². The van der Waals surface area contributed by atoms with Crippen molar-refractivity contribution in [2.75, 3.05) is 5.32 Å². The SMILES string of the molecule is Cc1ccc(Cl)cc1NC1NC(=O)/C(=C/c2c(C)n(Cc3ccccc3Cl)c3ccccc23)S1. The summed E-state index contributed by atoms with van der Waals surface area (Å²) in [6, 6.07) is 21.8. The lowest BCUT2D eigenvalue weighted by atomic mass is 10.1. The molecule has 172 valence electrons. The maximum atomic E-state index is 12.8. The van der Waals surface area contributed by atoms with Crippen molar-refractivity contribution in [2.24, 2.45) is 0 Å². The third-order valence-corrected chi connectivity index (χ3v) is 7.69. The van der Waals surface area contributed by atoms with Crippen molar-refractivity contribution < 1.29 is 4.79 Å². The topological polar surface area (TPSA) is 46.1 Å². The summed E-state index contributed by atoms with van der Waals surface area (Å²) >= 11 is 14.1. The number of aromatic nitrogens is 1. The van der Waals surface area contributed by atoms with Gasteiger partial charge in [0, 0.05) is 44.4 Å². The quantitative estimate of drug-likeness (QED) is 0.280. The van der Waals surface area contributed by atoms with Gasteiger partial charge in [0.15, 0.2) is 5.50 Å². The third-order valence-electron chi connectivity index (χ3n) is 6.06. The number of carbonyl (C=O) groups is 1. The summed E-state index contributed by atoms with van der Waals surface area (Å²) in [6.07, 6.45) is 1.99. The minimum Gasteiger partial charge on any atom is -0.356 e. The molecule has 1 saturated heterocycles. The molecule has 1 aliphatic heterocycles. The van der Waals surface area contributed by atoms with Crippen LogP contribution in [0.25, 0.3) is 17.0 Å². The first-order valence-corrected chi connectivity index (χ1v) is 12.6. The van der Waals surface area contributed by atoms with Crippen LogP contribution in [0.4, 0.5) is 5.69 Å². The van der Waals surface area contributed by atoms with Gasteiger partial charge in [-0.3, -0.25) is 4.79 Å². The summed E-state index contributed by atoms with van der Waals surface area (Å²) in [5.41, 5.74) is 5.99. The first-order chi connectivity index (χ1) is 16.4. The Kier molecular flexibility index (Phi) is 6.34. The molecule has 0 bridgehead atoms. The van der Waals surface area contributed by atoms with Gasteiger partial charge in [-0.15, -0.1) is 0 Å². The zero-order valence-corrected chi connectivity index (χ0v) is 21.1. The molecule has 1 atom stereocenters. The Morgan fingerprint density at radius 2 is 1.82 bits per heavy atom. The van der Waals surface area contributed by atoms with Crippen LogP contribution in [-0.2, 0) is 11.3 Å². The molecule has 4 aromatic rings. The van der Waals surface area contributed by atoms with Crippen LogP contribution >= 0.6 is 35.0 Å². The summed E-state index contributed by atoms with van der Waals surface area (Å²) in [4.78, 5) is 13.5. The average Bonchev–Trinajstić information content (AvgIpc) is 3.29. The highest BCUT2D eigenvalue weighted by atomic mass is 35.5. The van der Waals surface area contributed by atoms with E-state index in [1.165, 1.54) is 11.8 Å². The van der Waals surface area contributed by atoms with Crippen LogP contribution in [0.5, 0.6) is 0 Å². The van der Waals surface area contributed by atoms with Crippen LogP contribution in [0.15, 0.2) is 71.6 Å². The second kappa shape index (κ2) is 9.41. The van der Waals surface area contributed by atoms with Crippen molar-refractivity contribution in [1.29, 1.82) is 0 Å². The smallest absolute Gasteiger partial charge is 0.260 e. The van der Waals surface area contributed by atoms with Gasteiger partial charge in [-0.1, -0.05) is 77.4 Å². The highest BCUT2D eigenvalue weighted by Crippen LogP contribution is 2.35. The molecule has 4 nitrogen and oxygen atoms in total. The number of fused-ring (bicyclic) bond motifs is 1. The minimum atomic E-state index is -0.271. The van der Waals surface area contributed by atoms with Crippen molar-refractivity contribution in [3.8, 4) is 0 Å². The second-order valence-corrected chi connectivity index (χ2v) is 10.3. The fraction of sp³-hybridized carbons (Fsp3) is 0.148. The summed E-state index contributed by atoms with van der Waals surface area (Å²) < 4.78 is 2.26. The van der Waals surface area contributed by atoms with Crippen molar-refractivity contribution in [2.45, 2.75) is 25.9 Å². The number of thioether (sulfide) groups is 1. The van der Waals surface area contributed by atoms with Crippen molar-refractivity contribution in [1.82, 2.24) is 9.88 Å². The second-order valence-electron chi connectivity index (χ2n) is 8.28. The number of benzene rings is 3. The maximum Gasteiger partial charge on any atom is 0.260 e. The molecule has 34 heavy (non-hydrogen) atoms. The van der Waals surface area contributed by atoms with Gasteiger partial charge >= 0.3 is 0 Å². The van der Waals surface area contributed by atoms with Gasteiger partial charge in [-0.05, 0) is 55.3 Å². The lowest BCUT2D eigenvalue weighted by Crippen LogP contribution is -2.31. The number of aryl methyl sites for hydroxylation is 1. The van der Waals surface area contributed by atoms with Gasteiger partial charge in [0.05, 0.1) is 4.91 Å². The zero-order valence-electron chi connectivity index (χ0n) is 18.7. The number of hydrogen-bond acceptors (Lipinski definition) is 3. The van der Waals surface area contributed by atoms with Crippen molar-refractivity contribution in [3.05, 3.63) is 104 Å². The summed E-state index contributed by atoms with van der Waals surface area (Å²) in [5.74, 6) is -0.0930. The number of amides is 1. The molecule has 0 spiro atoms. The predicted molar refractivity (Wildman–Crippen MR) is 145 cm³/mol. The highest BCUT2D eigenvalue weighted by Gasteiger charge is 2.28. The Bertz CT molecular complexity index is 1440. The van der Waals surface area contributed by atoms with E-state index in [1.54, 1.807) is 0 Å². The summed E-state index contributed by atoms with van der Waals surface area (Å²) in [5, 5.41) is 8.90. The Morgan fingerprint density at radius 1 is 1.06 bits per heavy atom. The number of halogens is 2. The molecule has 1 fully saturated rings. The first-order valence-electron chi connectivity index (χ1n) is 10.9. The number of nitrogens with one attached hydrogen (secondary N) is 2. The Labute approximate surface area is 212 Å². The fourth-order valence-electron chi connectivity index (χ4n) is 4.23. The average molecular weight is 508 g/mol. The standard InChI is InChI=1S/C27H23Cl2N3OS/c1-16-11-12-19(28)13-23(16)30-27-31-26(33)25(34-27)14-21-17(2)32(24-10-6-4-8-20(21)24)15-18-7-3-5-9-22(18)29/h3-14,27,30H,15H2,1-2H3,(H,31,33)/b25-14-. The Morgan fingerprint density at radius 3 is 2.65 bits per heavy atom. The molecule has 0 aliphatic carbocycles. The van der Waals surface area contributed by atoms with Gasteiger partial charge in [-0.2, -0.15) is 0 Å². The van der Waals surface area contributed by atoms with Gasteiger partial charge in [0.25, 0.3) is 5.91 Å². The molecule has 7 heteroatoms. The highest BCUT2D eigenvalue weighted by molar-refractivity contribution is 8.05. The minimum absolute atomic E-state index is 0.0930. The molecule has 0 radical (unpaired) electrons. The van der Waals surface area contributed by atoms with E-state index in [-0.39, 0.29) is 11.4 Å². The molecule has 1 aromatic heterocycles. The van der Waals surface area contributed by atoms with Gasteiger partial charge in [-0.25, -0.2) is 0 Å². The first kappa shape index (κ1) is 22.9. The molecule has 2 N–H and O–H groups in total. The molecular weight excluding hydrogens is 485 g/mol. The van der Waals surface area contributed by atoms with Crippen LogP contribution in [0, 0.1) is 13.8 Å². The van der Waals surface area contributed by atoms with E-state index in [4.69, 9.17) is 23.2 Å². The number of para-hydroxylation sites is 1. The number of carbonyl (C=O) groups excluding carboxylic acids is 1. The fourth-order valence-corrected chi connectivity index (χ4v) is 5.55. The summed E-state index contributed by atoms with van der Waals surface area (Å²) in [6.45, 7) is 4.76. The Hall–Kier alpha value is -2.86. The molecule has 1 unspecified atom stereocenters. The largest absolute Gasteiger partial charge is 0.356 e. The van der Waals surface area contributed by atoms with Gasteiger partial charge in [0.1, 0.15) is 0 Å². The van der Waals surface area contributed by atoms with Crippen LogP contribution in [0.1, 0.15) is 22.4 Å². The van der Waals surface area contributed by atoms with E-state index in [1.807, 2.05) is 67.6 Å². The normalized spacial score (nSPS) is 16.9. The molecule has 1 amide bonds. The number of nitrogens with zero attached hydrogens (tertiary/aromatic N) is 1. The number of rotatable bonds is 5. The maximum absolute atomic E-state index is 12.8. The summed E-state index contributed by atoms with van der Waals surface area (Å²) in [7, 11) is 0. The molecule has 1 aliphatic rings. The van der Waals surface area contributed by atoms with Crippen LogP contribution in [0.3, 0.4) is 0 Å². The lowest BCUT2D eigenvalue weighted by Gasteiger charge is -2.15.